The molecule has 2 aromatic carbocycles. The average Bonchev–Trinajstić information content (AvgIpc) is 2.90. The first-order chi connectivity index (χ1) is 12.0. The Balaban J connectivity index is 1.50. The first kappa shape index (κ1) is 17.1. The number of carbonyl (C=O) groups excluding carboxylic acids is 1. The summed E-state index contributed by atoms with van der Waals surface area (Å²) in [4.78, 5) is 16.6. The minimum Gasteiger partial charge on any atom is -0.356 e. The Morgan fingerprint density at radius 3 is 2.68 bits per heavy atom. The van der Waals surface area contributed by atoms with Gasteiger partial charge in [-0.3, -0.25) is 4.79 Å². The van der Waals surface area contributed by atoms with Crippen molar-refractivity contribution in [3.63, 3.8) is 0 Å². The maximum absolute atomic E-state index is 12.9. The lowest BCUT2D eigenvalue weighted by molar-refractivity contribution is -0.121. The summed E-state index contributed by atoms with van der Waals surface area (Å²) >= 11 is 0. The van der Waals surface area contributed by atoms with Gasteiger partial charge < -0.3 is 9.88 Å². The van der Waals surface area contributed by atoms with E-state index in [0.717, 1.165) is 22.4 Å². The molecule has 1 N–H and O–H groups in total. The number of fused-ring (bicyclic) bond motifs is 1. The topological polar surface area (TPSA) is 46.9 Å². The Kier molecular flexibility index (Phi) is 5.12. The molecule has 1 amide bonds. The van der Waals surface area contributed by atoms with E-state index in [4.69, 9.17) is 0 Å². The predicted molar refractivity (Wildman–Crippen MR) is 96.9 cm³/mol. The maximum Gasteiger partial charge on any atom is 0.220 e. The molecular weight excluding hydrogens is 317 g/mol. The molecule has 0 aliphatic heterocycles. The summed E-state index contributed by atoms with van der Waals surface area (Å²) in [6.07, 6.45) is 1.69. The second-order valence-corrected chi connectivity index (χ2v) is 6.31. The van der Waals surface area contributed by atoms with E-state index in [1.54, 1.807) is 12.1 Å². The van der Waals surface area contributed by atoms with Crippen LogP contribution in [-0.2, 0) is 24.7 Å². The lowest BCUT2D eigenvalue weighted by atomic mass is 10.1. The summed E-state index contributed by atoms with van der Waals surface area (Å²) in [5, 5.41) is 2.93. The van der Waals surface area contributed by atoms with Gasteiger partial charge in [-0.1, -0.05) is 18.2 Å². The van der Waals surface area contributed by atoms with Crippen molar-refractivity contribution in [2.24, 2.45) is 7.05 Å². The highest BCUT2D eigenvalue weighted by Crippen LogP contribution is 2.16. The molecule has 130 valence electrons. The molecule has 3 rings (SSSR count). The number of hydrogen-bond donors (Lipinski definition) is 1. The molecule has 4 nitrogen and oxygen atoms in total. The molecule has 5 heteroatoms. The lowest BCUT2D eigenvalue weighted by Crippen LogP contribution is -2.26. The first-order valence-electron chi connectivity index (χ1n) is 8.46. The van der Waals surface area contributed by atoms with Crippen molar-refractivity contribution < 1.29 is 9.18 Å². The minimum atomic E-state index is -0.258. The van der Waals surface area contributed by atoms with Gasteiger partial charge in [-0.25, -0.2) is 9.37 Å². The van der Waals surface area contributed by atoms with Crippen LogP contribution in [0.2, 0.25) is 0 Å². The molecule has 25 heavy (non-hydrogen) atoms. The highest BCUT2D eigenvalue weighted by atomic mass is 19.1. The highest BCUT2D eigenvalue weighted by Gasteiger charge is 2.08. The summed E-state index contributed by atoms with van der Waals surface area (Å²) < 4.78 is 14.9. The average molecular weight is 339 g/mol. The summed E-state index contributed by atoms with van der Waals surface area (Å²) in [6.45, 7) is 2.60. The SMILES string of the molecule is Cc1ccc2c(c1)nc(CCNC(=O)CCc1ccc(F)cc1)n2C. The number of carbonyl (C=O) groups is 1. The Morgan fingerprint density at radius 1 is 1.16 bits per heavy atom. The van der Waals surface area contributed by atoms with E-state index in [0.29, 0.717) is 25.8 Å². The van der Waals surface area contributed by atoms with Crippen molar-refractivity contribution >= 4 is 16.9 Å². The molecule has 0 bridgehead atoms. The van der Waals surface area contributed by atoms with Crippen LogP contribution in [0.1, 0.15) is 23.4 Å². The highest BCUT2D eigenvalue weighted by molar-refractivity contribution is 5.77. The van der Waals surface area contributed by atoms with E-state index in [2.05, 4.69) is 40.0 Å². The number of aromatic nitrogens is 2. The van der Waals surface area contributed by atoms with Crippen molar-refractivity contribution in [2.45, 2.75) is 26.2 Å². The number of hydrogen-bond acceptors (Lipinski definition) is 2. The number of imidazole rings is 1. The number of benzene rings is 2. The van der Waals surface area contributed by atoms with Crippen molar-refractivity contribution in [1.82, 2.24) is 14.9 Å². The molecule has 0 saturated carbocycles. The third kappa shape index (κ3) is 4.24. The van der Waals surface area contributed by atoms with Crippen LogP contribution in [0.5, 0.6) is 0 Å². The van der Waals surface area contributed by atoms with Gasteiger partial charge in [0.05, 0.1) is 11.0 Å². The third-order valence-electron chi connectivity index (χ3n) is 4.35. The van der Waals surface area contributed by atoms with Gasteiger partial charge in [-0.2, -0.15) is 0 Å². The van der Waals surface area contributed by atoms with Gasteiger partial charge in [-0.15, -0.1) is 0 Å². The fourth-order valence-corrected chi connectivity index (χ4v) is 2.89. The Hall–Kier alpha value is -2.69. The second kappa shape index (κ2) is 7.47. The van der Waals surface area contributed by atoms with Crippen LogP contribution in [0, 0.1) is 12.7 Å². The van der Waals surface area contributed by atoms with Crippen molar-refractivity contribution in [2.75, 3.05) is 6.54 Å². The van der Waals surface area contributed by atoms with Gasteiger partial charge in [0.15, 0.2) is 0 Å². The molecular formula is C20H22FN3O. The van der Waals surface area contributed by atoms with Crippen LogP contribution < -0.4 is 5.32 Å². The predicted octanol–water partition coefficient (Wildman–Crippen LogP) is 3.31. The zero-order valence-corrected chi connectivity index (χ0v) is 14.6. The third-order valence-corrected chi connectivity index (χ3v) is 4.35. The number of aryl methyl sites for hydroxylation is 3. The van der Waals surface area contributed by atoms with Gasteiger partial charge in [0, 0.05) is 26.4 Å². The van der Waals surface area contributed by atoms with Crippen molar-refractivity contribution in [3.05, 3.63) is 65.2 Å². The zero-order chi connectivity index (χ0) is 17.8. The standard InChI is InChI=1S/C20H22FN3O/c1-14-3-9-18-17(13-14)23-19(24(18)2)11-12-22-20(25)10-6-15-4-7-16(21)8-5-15/h3-5,7-9,13H,6,10-12H2,1-2H3,(H,22,25). The van der Waals surface area contributed by atoms with Crippen LogP contribution in [-0.4, -0.2) is 22.0 Å². The Bertz CT molecular complexity index is 884. The van der Waals surface area contributed by atoms with Gasteiger partial charge in [-0.05, 0) is 48.7 Å². The van der Waals surface area contributed by atoms with Gasteiger partial charge in [0.2, 0.25) is 5.91 Å². The minimum absolute atomic E-state index is 0.000987. The van der Waals surface area contributed by atoms with Crippen LogP contribution >= 0.6 is 0 Å². The number of halogens is 1. The van der Waals surface area contributed by atoms with Crippen LogP contribution in [0.3, 0.4) is 0 Å². The fourth-order valence-electron chi connectivity index (χ4n) is 2.89. The smallest absolute Gasteiger partial charge is 0.220 e. The Labute approximate surface area is 146 Å². The molecule has 0 aliphatic carbocycles. The first-order valence-corrected chi connectivity index (χ1v) is 8.46. The summed E-state index contributed by atoms with van der Waals surface area (Å²) in [5.41, 5.74) is 4.23. The zero-order valence-electron chi connectivity index (χ0n) is 14.6. The number of amides is 1. The molecule has 1 aromatic heterocycles. The quantitative estimate of drug-likeness (QED) is 0.749. The molecule has 0 unspecified atom stereocenters. The largest absolute Gasteiger partial charge is 0.356 e. The molecule has 0 fully saturated rings. The van der Waals surface area contributed by atoms with Gasteiger partial charge in [0.1, 0.15) is 11.6 Å². The van der Waals surface area contributed by atoms with Crippen LogP contribution in [0.4, 0.5) is 4.39 Å². The Morgan fingerprint density at radius 2 is 1.92 bits per heavy atom. The lowest BCUT2D eigenvalue weighted by Gasteiger charge is -2.06. The van der Waals surface area contributed by atoms with Crippen molar-refractivity contribution in [1.29, 1.82) is 0 Å². The maximum atomic E-state index is 12.9. The normalized spacial score (nSPS) is 11.0. The van der Waals surface area contributed by atoms with Crippen molar-refractivity contribution in [3.8, 4) is 0 Å². The summed E-state index contributed by atoms with van der Waals surface area (Å²) in [7, 11) is 2.00. The van der Waals surface area contributed by atoms with E-state index >= 15 is 0 Å². The van der Waals surface area contributed by atoms with Crippen LogP contribution in [0.15, 0.2) is 42.5 Å². The number of rotatable bonds is 6. The molecule has 0 spiro atoms. The second-order valence-electron chi connectivity index (χ2n) is 6.31. The summed E-state index contributed by atoms with van der Waals surface area (Å²) in [5.74, 6) is 0.698. The molecule has 0 radical (unpaired) electrons. The summed E-state index contributed by atoms with van der Waals surface area (Å²) in [6, 6.07) is 12.5. The van der Waals surface area contributed by atoms with E-state index in [1.165, 1.54) is 17.7 Å². The molecule has 1 heterocycles. The van der Waals surface area contributed by atoms with E-state index in [-0.39, 0.29) is 11.7 Å². The van der Waals surface area contributed by atoms with Crippen LogP contribution in [0.25, 0.3) is 11.0 Å². The molecule has 0 aliphatic rings. The van der Waals surface area contributed by atoms with E-state index in [9.17, 15) is 9.18 Å². The van der Waals surface area contributed by atoms with Gasteiger partial charge in [0.25, 0.3) is 0 Å². The van der Waals surface area contributed by atoms with Gasteiger partial charge >= 0.3 is 0 Å². The molecule has 0 saturated heterocycles. The molecule has 3 aromatic rings. The monoisotopic (exact) mass is 339 g/mol. The van der Waals surface area contributed by atoms with E-state index in [1.807, 2.05) is 7.05 Å². The fraction of sp³-hybridized carbons (Fsp3) is 0.300. The molecule has 0 atom stereocenters. The number of nitrogens with one attached hydrogen (secondary N) is 1. The number of nitrogens with zero attached hydrogens (tertiary/aromatic N) is 2. The van der Waals surface area contributed by atoms with E-state index < -0.39 is 0 Å².